The molecule has 0 saturated heterocycles. The van der Waals surface area contributed by atoms with E-state index in [0.717, 1.165) is 11.1 Å². The van der Waals surface area contributed by atoms with Crippen molar-refractivity contribution in [1.82, 2.24) is 10.3 Å². The Morgan fingerprint density at radius 3 is 2.24 bits per heavy atom. The van der Waals surface area contributed by atoms with E-state index in [1.54, 1.807) is 32.4 Å². The quantitative estimate of drug-likeness (QED) is 0.345. The third kappa shape index (κ3) is 7.51. The summed E-state index contributed by atoms with van der Waals surface area (Å²) in [7, 11) is -1.14. The van der Waals surface area contributed by atoms with Gasteiger partial charge in [-0.25, -0.2) is 8.42 Å². The fourth-order valence-corrected chi connectivity index (χ4v) is 4.41. The van der Waals surface area contributed by atoms with Crippen LogP contribution in [0.15, 0.2) is 65.7 Å². The normalized spacial score (nSPS) is 11.0. The van der Waals surface area contributed by atoms with Gasteiger partial charge in [-0.1, -0.05) is 18.2 Å². The number of rotatable bonds is 11. The molecule has 2 amide bonds. The molecule has 0 aliphatic heterocycles. The first kappa shape index (κ1) is 27.6. The van der Waals surface area contributed by atoms with Gasteiger partial charge >= 0.3 is 5.24 Å². The fraction of sp³-hybridized carbons (Fsp3) is 0.269. The highest BCUT2D eigenvalue weighted by Crippen LogP contribution is 2.28. The number of hydrogen-bond donors (Lipinski definition) is 3. The van der Waals surface area contributed by atoms with Crippen LogP contribution in [0.1, 0.15) is 23.2 Å². The van der Waals surface area contributed by atoms with E-state index in [0.29, 0.717) is 43.0 Å². The van der Waals surface area contributed by atoms with Crippen molar-refractivity contribution in [3.63, 3.8) is 0 Å². The van der Waals surface area contributed by atoms with E-state index in [9.17, 15) is 18.0 Å². The highest BCUT2D eigenvalue weighted by molar-refractivity contribution is 8.06. The average Bonchev–Trinajstić information content (AvgIpc) is 2.92. The molecule has 0 atom stereocenters. The summed E-state index contributed by atoms with van der Waals surface area (Å²) in [6.45, 7) is 0.121. The van der Waals surface area contributed by atoms with Crippen molar-refractivity contribution in [2.24, 2.45) is 0 Å². The van der Waals surface area contributed by atoms with E-state index in [1.165, 1.54) is 30.5 Å². The van der Waals surface area contributed by atoms with Gasteiger partial charge in [0, 0.05) is 13.0 Å². The molecular formula is C26H29N3O7S. The lowest BCUT2D eigenvalue weighted by atomic mass is 10.1. The summed E-state index contributed by atoms with van der Waals surface area (Å²) in [4.78, 5) is 28.3. The lowest BCUT2D eigenvalue weighted by Crippen LogP contribution is -2.26. The van der Waals surface area contributed by atoms with Crippen LogP contribution >= 0.6 is 0 Å². The van der Waals surface area contributed by atoms with Gasteiger partial charge in [0.2, 0.25) is 5.91 Å². The number of aliphatic hydroxyl groups excluding tert-OH is 1. The molecule has 0 aliphatic rings. The number of carbonyl (C=O) groups excluding carboxylic acids is 2. The molecule has 2 aromatic carbocycles. The van der Waals surface area contributed by atoms with Crippen LogP contribution in [0, 0.1) is 0 Å². The van der Waals surface area contributed by atoms with E-state index in [4.69, 9.17) is 14.6 Å². The van der Waals surface area contributed by atoms with E-state index in [1.807, 2.05) is 12.1 Å². The van der Waals surface area contributed by atoms with Crippen LogP contribution in [-0.4, -0.2) is 50.4 Å². The Bertz CT molecular complexity index is 1330. The molecule has 3 rings (SSSR count). The van der Waals surface area contributed by atoms with Crippen molar-refractivity contribution < 1.29 is 32.6 Å². The monoisotopic (exact) mass is 527 g/mol. The number of aryl methyl sites for hydroxylation is 1. The van der Waals surface area contributed by atoms with E-state index >= 15 is 0 Å². The molecule has 1 heterocycles. The minimum atomic E-state index is -4.26. The minimum absolute atomic E-state index is 0.104. The van der Waals surface area contributed by atoms with Crippen LogP contribution in [0.4, 0.5) is 10.5 Å². The maximum atomic E-state index is 12.6. The van der Waals surface area contributed by atoms with Crippen molar-refractivity contribution in [2.45, 2.75) is 30.8 Å². The Kier molecular flexibility index (Phi) is 9.58. The molecule has 0 aliphatic carbocycles. The number of anilines is 1. The third-order valence-electron chi connectivity index (χ3n) is 5.54. The molecule has 0 unspecified atom stereocenters. The molecule has 0 bridgehead atoms. The number of pyridine rings is 1. The Morgan fingerprint density at radius 1 is 0.919 bits per heavy atom. The molecule has 0 saturated carbocycles. The van der Waals surface area contributed by atoms with Crippen molar-refractivity contribution in [3.05, 3.63) is 77.6 Å². The molecule has 3 N–H and O–H groups in total. The summed E-state index contributed by atoms with van der Waals surface area (Å²) < 4.78 is 35.7. The lowest BCUT2D eigenvalue weighted by Gasteiger charge is -2.10. The van der Waals surface area contributed by atoms with Gasteiger partial charge in [0.1, 0.15) is 0 Å². The predicted molar refractivity (Wildman–Crippen MR) is 137 cm³/mol. The number of sulfone groups is 1. The Hall–Kier alpha value is -3.96. The van der Waals surface area contributed by atoms with Crippen LogP contribution in [0.25, 0.3) is 0 Å². The second-order valence-corrected chi connectivity index (χ2v) is 9.89. The molecule has 37 heavy (non-hydrogen) atoms. The second kappa shape index (κ2) is 12.8. The first-order valence-corrected chi connectivity index (χ1v) is 12.9. The van der Waals surface area contributed by atoms with Gasteiger partial charge in [-0.15, -0.1) is 0 Å². The van der Waals surface area contributed by atoms with Crippen molar-refractivity contribution >= 4 is 26.7 Å². The lowest BCUT2D eigenvalue weighted by molar-refractivity contribution is -0.121. The first-order valence-electron chi connectivity index (χ1n) is 11.4. The average molecular weight is 528 g/mol. The van der Waals surface area contributed by atoms with Crippen LogP contribution in [-0.2, 0) is 34.1 Å². The zero-order valence-corrected chi connectivity index (χ0v) is 21.4. The largest absolute Gasteiger partial charge is 0.493 e. The van der Waals surface area contributed by atoms with Crippen LogP contribution < -0.4 is 20.1 Å². The number of hydrogen-bond acceptors (Lipinski definition) is 8. The number of aliphatic hydroxyl groups is 1. The van der Waals surface area contributed by atoms with Gasteiger partial charge in [-0.05, 0) is 60.4 Å². The first-order chi connectivity index (χ1) is 17.8. The topological polar surface area (TPSA) is 144 Å². The van der Waals surface area contributed by atoms with Gasteiger partial charge in [-0.2, -0.15) is 0 Å². The second-order valence-electron chi connectivity index (χ2n) is 8.05. The zero-order chi connectivity index (χ0) is 26.8. The zero-order valence-electron chi connectivity index (χ0n) is 20.6. The summed E-state index contributed by atoms with van der Waals surface area (Å²) in [6, 6.07) is 14.4. The predicted octanol–water partition coefficient (Wildman–Crippen LogP) is 2.89. The number of aromatic nitrogens is 1. The highest BCUT2D eigenvalue weighted by atomic mass is 32.2. The number of nitrogens with zero attached hydrogens (tertiary/aromatic N) is 1. The van der Waals surface area contributed by atoms with E-state index in [-0.39, 0.29) is 23.1 Å². The maximum absolute atomic E-state index is 12.6. The molecule has 3 aromatic rings. The number of methoxy groups -OCH3 is 2. The van der Waals surface area contributed by atoms with E-state index < -0.39 is 15.1 Å². The number of nitrogens with one attached hydrogen (secondary N) is 2. The number of amides is 2. The fourth-order valence-electron chi connectivity index (χ4n) is 3.45. The smallest absolute Gasteiger partial charge is 0.345 e. The standard InChI is InChI=1S/C26H29N3O7S/c1-35-23-11-5-19(15-24(23)36-2)6-12-25(31)27-14-13-18-3-9-22(10-4-18)37(33,34)26(32)29-20-7-8-21(17-30)28-16-20/h3-5,7-11,15-16,30H,6,12-14,17H2,1-2H3,(H,27,31)(H,29,32). The molecular weight excluding hydrogens is 498 g/mol. The van der Waals surface area contributed by atoms with Gasteiger partial charge in [0.05, 0.1) is 43.3 Å². The Balaban J connectivity index is 1.47. The minimum Gasteiger partial charge on any atom is -0.493 e. The van der Waals surface area contributed by atoms with Gasteiger partial charge in [0.25, 0.3) is 9.84 Å². The third-order valence-corrected chi connectivity index (χ3v) is 7.02. The molecule has 0 fully saturated rings. The number of ether oxygens (including phenoxy) is 2. The van der Waals surface area contributed by atoms with Gasteiger partial charge in [-0.3, -0.25) is 14.6 Å². The highest BCUT2D eigenvalue weighted by Gasteiger charge is 2.25. The van der Waals surface area contributed by atoms with Gasteiger partial charge in [0.15, 0.2) is 11.5 Å². The summed E-state index contributed by atoms with van der Waals surface area (Å²) in [5.74, 6) is 1.13. The van der Waals surface area contributed by atoms with Crippen molar-refractivity contribution in [1.29, 1.82) is 0 Å². The summed E-state index contributed by atoms with van der Waals surface area (Å²) in [5, 5.41) is 13.0. The number of carbonyl (C=O) groups is 2. The number of benzene rings is 2. The van der Waals surface area contributed by atoms with Crippen LogP contribution in [0.3, 0.4) is 0 Å². The summed E-state index contributed by atoms with van der Waals surface area (Å²) in [5.41, 5.74) is 2.35. The summed E-state index contributed by atoms with van der Waals surface area (Å²) >= 11 is 0. The molecule has 1 aromatic heterocycles. The van der Waals surface area contributed by atoms with Crippen LogP contribution in [0.5, 0.6) is 11.5 Å². The molecule has 196 valence electrons. The molecule has 0 radical (unpaired) electrons. The molecule has 10 nitrogen and oxygen atoms in total. The Morgan fingerprint density at radius 2 is 1.62 bits per heavy atom. The molecule has 0 spiro atoms. The van der Waals surface area contributed by atoms with Gasteiger partial charge < -0.3 is 25.2 Å². The molecule has 11 heteroatoms. The van der Waals surface area contributed by atoms with Crippen LogP contribution in [0.2, 0.25) is 0 Å². The van der Waals surface area contributed by atoms with Crippen molar-refractivity contribution in [2.75, 3.05) is 26.1 Å². The summed E-state index contributed by atoms with van der Waals surface area (Å²) in [6.07, 6.45) is 2.62. The SMILES string of the molecule is COc1ccc(CCC(=O)NCCc2ccc(S(=O)(=O)C(=O)Nc3ccc(CO)nc3)cc2)cc1OC. The Labute approximate surface area is 215 Å². The van der Waals surface area contributed by atoms with E-state index in [2.05, 4.69) is 15.6 Å². The van der Waals surface area contributed by atoms with Crippen molar-refractivity contribution in [3.8, 4) is 11.5 Å². The maximum Gasteiger partial charge on any atom is 0.345 e.